The molecule has 0 spiro atoms. The SMILES string of the molecule is CC(C)c1ccccc1OCC(N)C#N. The molecule has 0 fully saturated rings. The molecule has 0 saturated heterocycles. The Morgan fingerprint density at radius 3 is 2.67 bits per heavy atom. The molecule has 0 amide bonds. The minimum absolute atomic E-state index is 0.236. The fraction of sp³-hybridized carbons (Fsp3) is 0.417. The maximum atomic E-state index is 8.54. The molecule has 0 bridgehead atoms. The van der Waals surface area contributed by atoms with Crippen LogP contribution in [0, 0.1) is 11.3 Å². The first-order valence-electron chi connectivity index (χ1n) is 5.02. The molecule has 0 aromatic heterocycles. The van der Waals surface area contributed by atoms with Gasteiger partial charge in [0.25, 0.3) is 0 Å². The fourth-order valence-corrected chi connectivity index (χ4v) is 1.31. The van der Waals surface area contributed by atoms with Gasteiger partial charge in [0.2, 0.25) is 0 Å². The molecule has 15 heavy (non-hydrogen) atoms. The van der Waals surface area contributed by atoms with Crippen LogP contribution in [0.5, 0.6) is 5.75 Å². The molecule has 1 rings (SSSR count). The van der Waals surface area contributed by atoms with E-state index in [0.29, 0.717) is 5.92 Å². The summed E-state index contributed by atoms with van der Waals surface area (Å²) in [6.07, 6.45) is 0. The fourth-order valence-electron chi connectivity index (χ4n) is 1.31. The summed E-state index contributed by atoms with van der Waals surface area (Å²) in [5.74, 6) is 1.22. The summed E-state index contributed by atoms with van der Waals surface area (Å²) >= 11 is 0. The van der Waals surface area contributed by atoms with Gasteiger partial charge in [0.05, 0.1) is 6.07 Å². The van der Waals surface area contributed by atoms with Crippen molar-refractivity contribution >= 4 is 0 Å². The Balaban J connectivity index is 2.72. The van der Waals surface area contributed by atoms with Gasteiger partial charge in [-0.25, -0.2) is 0 Å². The number of hydrogen-bond donors (Lipinski definition) is 1. The Morgan fingerprint density at radius 1 is 1.40 bits per heavy atom. The van der Waals surface area contributed by atoms with Gasteiger partial charge in [-0.15, -0.1) is 0 Å². The van der Waals surface area contributed by atoms with Crippen molar-refractivity contribution in [1.29, 1.82) is 5.26 Å². The van der Waals surface area contributed by atoms with Crippen LogP contribution in [0.25, 0.3) is 0 Å². The number of nitrogens with zero attached hydrogens (tertiary/aromatic N) is 1. The first-order valence-corrected chi connectivity index (χ1v) is 5.02. The van der Waals surface area contributed by atoms with E-state index in [1.165, 1.54) is 0 Å². The third-order valence-electron chi connectivity index (χ3n) is 2.13. The molecule has 1 aromatic carbocycles. The summed E-state index contributed by atoms with van der Waals surface area (Å²) in [5.41, 5.74) is 6.60. The van der Waals surface area contributed by atoms with E-state index in [-0.39, 0.29) is 6.61 Å². The standard InChI is InChI=1S/C12H16N2O/c1-9(2)11-5-3-4-6-12(11)15-8-10(14)7-13/h3-6,9-10H,8,14H2,1-2H3. The third-order valence-corrected chi connectivity index (χ3v) is 2.13. The summed E-state index contributed by atoms with van der Waals surface area (Å²) in [6.45, 7) is 4.44. The first-order chi connectivity index (χ1) is 7.15. The lowest BCUT2D eigenvalue weighted by atomic mass is 10.0. The van der Waals surface area contributed by atoms with Crippen LogP contribution in [0.2, 0.25) is 0 Å². The van der Waals surface area contributed by atoms with Crippen molar-refractivity contribution in [1.82, 2.24) is 0 Å². The van der Waals surface area contributed by atoms with E-state index < -0.39 is 6.04 Å². The summed E-state index contributed by atoms with van der Waals surface area (Å²) < 4.78 is 5.50. The number of ether oxygens (including phenoxy) is 1. The Hall–Kier alpha value is -1.53. The van der Waals surface area contributed by atoms with Crippen LogP contribution in [0.15, 0.2) is 24.3 Å². The van der Waals surface area contributed by atoms with Gasteiger partial charge in [-0.2, -0.15) is 5.26 Å². The Kier molecular flexibility index (Phi) is 4.14. The molecule has 0 saturated carbocycles. The molecule has 1 aromatic rings. The van der Waals surface area contributed by atoms with Gasteiger partial charge >= 0.3 is 0 Å². The number of nitrogens with two attached hydrogens (primary N) is 1. The van der Waals surface area contributed by atoms with Gasteiger partial charge in [0, 0.05) is 0 Å². The van der Waals surface area contributed by atoms with Gasteiger partial charge in [0.1, 0.15) is 18.4 Å². The third kappa shape index (κ3) is 3.26. The van der Waals surface area contributed by atoms with Gasteiger partial charge in [-0.1, -0.05) is 32.0 Å². The molecule has 1 atom stereocenters. The quantitative estimate of drug-likeness (QED) is 0.816. The topological polar surface area (TPSA) is 59.0 Å². The normalized spacial score (nSPS) is 12.2. The largest absolute Gasteiger partial charge is 0.491 e. The van der Waals surface area contributed by atoms with E-state index in [4.69, 9.17) is 15.7 Å². The lowest BCUT2D eigenvalue weighted by Gasteiger charge is -2.14. The van der Waals surface area contributed by atoms with E-state index in [1.54, 1.807) is 0 Å². The summed E-state index contributed by atoms with van der Waals surface area (Å²) in [5, 5.41) is 8.54. The van der Waals surface area contributed by atoms with Crippen molar-refractivity contribution < 1.29 is 4.74 Å². The number of benzene rings is 1. The number of nitriles is 1. The molecule has 80 valence electrons. The van der Waals surface area contributed by atoms with E-state index in [0.717, 1.165) is 11.3 Å². The summed E-state index contributed by atoms with van der Waals surface area (Å²) in [7, 11) is 0. The average molecular weight is 204 g/mol. The molecule has 0 aliphatic rings. The summed E-state index contributed by atoms with van der Waals surface area (Å²) in [4.78, 5) is 0. The number of rotatable bonds is 4. The molecule has 0 radical (unpaired) electrons. The molecule has 0 aliphatic heterocycles. The van der Waals surface area contributed by atoms with E-state index in [9.17, 15) is 0 Å². The Morgan fingerprint density at radius 2 is 2.07 bits per heavy atom. The molecular weight excluding hydrogens is 188 g/mol. The van der Waals surface area contributed by atoms with Gasteiger partial charge in [-0.3, -0.25) is 0 Å². The maximum absolute atomic E-state index is 8.54. The molecule has 3 nitrogen and oxygen atoms in total. The van der Waals surface area contributed by atoms with Gasteiger partial charge in [-0.05, 0) is 17.5 Å². The smallest absolute Gasteiger partial charge is 0.127 e. The zero-order chi connectivity index (χ0) is 11.3. The highest BCUT2D eigenvalue weighted by molar-refractivity contribution is 5.35. The monoisotopic (exact) mass is 204 g/mol. The van der Waals surface area contributed by atoms with Crippen LogP contribution in [0.4, 0.5) is 0 Å². The molecule has 1 unspecified atom stereocenters. The zero-order valence-corrected chi connectivity index (χ0v) is 9.10. The highest BCUT2D eigenvalue weighted by Gasteiger charge is 2.08. The lowest BCUT2D eigenvalue weighted by Crippen LogP contribution is -2.25. The number of para-hydroxylation sites is 1. The minimum atomic E-state index is -0.565. The van der Waals surface area contributed by atoms with Crippen molar-refractivity contribution in [2.24, 2.45) is 5.73 Å². The van der Waals surface area contributed by atoms with Gasteiger partial charge in [0.15, 0.2) is 0 Å². The van der Waals surface area contributed by atoms with Crippen molar-refractivity contribution in [3.63, 3.8) is 0 Å². The van der Waals surface area contributed by atoms with Crippen LogP contribution in [0.3, 0.4) is 0 Å². The van der Waals surface area contributed by atoms with Crippen LogP contribution in [0.1, 0.15) is 25.3 Å². The average Bonchev–Trinajstić information content (AvgIpc) is 2.26. The molecular formula is C12H16N2O. The maximum Gasteiger partial charge on any atom is 0.127 e. The van der Waals surface area contributed by atoms with Crippen LogP contribution >= 0.6 is 0 Å². The minimum Gasteiger partial charge on any atom is -0.491 e. The van der Waals surface area contributed by atoms with Crippen molar-refractivity contribution in [3.8, 4) is 11.8 Å². The highest BCUT2D eigenvalue weighted by atomic mass is 16.5. The molecule has 0 heterocycles. The van der Waals surface area contributed by atoms with Crippen LogP contribution in [-0.2, 0) is 0 Å². The van der Waals surface area contributed by atoms with Crippen molar-refractivity contribution in [2.75, 3.05) is 6.61 Å². The molecule has 0 aliphatic carbocycles. The van der Waals surface area contributed by atoms with E-state index >= 15 is 0 Å². The lowest BCUT2D eigenvalue weighted by molar-refractivity contribution is 0.304. The van der Waals surface area contributed by atoms with Gasteiger partial charge < -0.3 is 10.5 Å². The second-order valence-electron chi connectivity index (χ2n) is 3.74. The van der Waals surface area contributed by atoms with E-state index in [2.05, 4.69) is 13.8 Å². The Labute approximate surface area is 90.5 Å². The van der Waals surface area contributed by atoms with E-state index in [1.807, 2.05) is 30.3 Å². The van der Waals surface area contributed by atoms with Crippen molar-refractivity contribution in [2.45, 2.75) is 25.8 Å². The second kappa shape index (κ2) is 5.38. The zero-order valence-electron chi connectivity index (χ0n) is 9.10. The van der Waals surface area contributed by atoms with Crippen molar-refractivity contribution in [3.05, 3.63) is 29.8 Å². The number of hydrogen-bond acceptors (Lipinski definition) is 3. The van der Waals surface area contributed by atoms with Crippen LogP contribution < -0.4 is 10.5 Å². The molecule has 2 N–H and O–H groups in total. The molecule has 3 heteroatoms. The predicted molar refractivity (Wildman–Crippen MR) is 59.6 cm³/mol. The predicted octanol–water partition coefficient (Wildman–Crippen LogP) is 2.04. The first kappa shape index (κ1) is 11.5. The highest BCUT2D eigenvalue weighted by Crippen LogP contribution is 2.25. The summed E-state index contributed by atoms with van der Waals surface area (Å²) in [6, 6.07) is 9.19. The Bertz CT molecular complexity index is 355. The van der Waals surface area contributed by atoms with Crippen LogP contribution in [-0.4, -0.2) is 12.6 Å². The second-order valence-corrected chi connectivity index (χ2v) is 3.74.